The molecule has 0 atom stereocenters. The average Bonchev–Trinajstić information content (AvgIpc) is 2.66. The summed E-state index contributed by atoms with van der Waals surface area (Å²) in [6.07, 6.45) is 0.488. The first-order valence-corrected chi connectivity index (χ1v) is 7.31. The number of fused-ring (bicyclic) bond motifs is 2. The van der Waals surface area contributed by atoms with Crippen molar-refractivity contribution < 1.29 is 19.5 Å². The molecule has 0 saturated heterocycles. The molecule has 0 spiro atoms. The number of carboxylic acids is 1. The van der Waals surface area contributed by atoms with Crippen LogP contribution in [0.1, 0.15) is 33.6 Å². The Kier molecular flexibility index (Phi) is 3.93. The van der Waals surface area contributed by atoms with Crippen LogP contribution in [-0.4, -0.2) is 29.2 Å². The van der Waals surface area contributed by atoms with Crippen LogP contribution in [0.25, 0.3) is 11.1 Å². The van der Waals surface area contributed by atoms with Gasteiger partial charge in [-0.3, -0.25) is 14.4 Å². The van der Waals surface area contributed by atoms with Gasteiger partial charge in [0, 0.05) is 29.7 Å². The summed E-state index contributed by atoms with van der Waals surface area (Å²) in [4.78, 5) is 34.6. The Balaban J connectivity index is 1.92. The fourth-order valence-electron chi connectivity index (χ4n) is 2.65. The molecule has 5 nitrogen and oxygen atoms in total. The van der Waals surface area contributed by atoms with E-state index in [4.69, 9.17) is 5.11 Å². The maximum atomic E-state index is 12.2. The molecule has 1 aliphatic rings. The predicted molar refractivity (Wildman–Crippen MR) is 85.9 cm³/mol. The average molecular weight is 309 g/mol. The lowest BCUT2D eigenvalue weighted by atomic mass is 9.95. The highest BCUT2D eigenvalue weighted by Crippen LogP contribution is 2.29. The number of nitrogens with one attached hydrogen (secondary N) is 1. The minimum Gasteiger partial charge on any atom is -0.480 e. The van der Waals surface area contributed by atoms with E-state index in [0.29, 0.717) is 16.8 Å². The first kappa shape index (κ1) is 15.0. The van der Waals surface area contributed by atoms with E-state index >= 15 is 0 Å². The van der Waals surface area contributed by atoms with Gasteiger partial charge in [-0.15, -0.1) is 0 Å². The van der Waals surface area contributed by atoms with Crippen molar-refractivity contribution in [3.05, 3.63) is 53.6 Å². The van der Waals surface area contributed by atoms with Crippen LogP contribution < -0.4 is 5.32 Å². The van der Waals surface area contributed by atoms with E-state index in [0.717, 1.165) is 11.1 Å². The standard InChI is InChI=1S/C18H15NO4/c20-16-7-8-17(21)15-9-12(16)3-6-14(15)11-1-4-13(5-2-11)19-10-18(22)23/h1-6,9,19H,7-8,10H2,(H,22,23). The summed E-state index contributed by atoms with van der Waals surface area (Å²) in [5.74, 6) is -0.960. The molecule has 0 saturated carbocycles. The molecule has 0 heterocycles. The second-order valence-electron chi connectivity index (χ2n) is 5.43. The highest BCUT2D eigenvalue weighted by Gasteiger charge is 2.21. The Bertz CT molecular complexity index is 793. The Morgan fingerprint density at radius 3 is 2.26 bits per heavy atom. The zero-order valence-electron chi connectivity index (χ0n) is 12.3. The summed E-state index contributed by atoms with van der Waals surface area (Å²) in [5.41, 5.74) is 3.49. The van der Waals surface area contributed by atoms with Crippen LogP contribution in [0, 0.1) is 0 Å². The number of Topliss-reactive ketones (excluding diaryl/α,β-unsaturated/α-hetero) is 2. The molecule has 2 bridgehead atoms. The third-order valence-electron chi connectivity index (χ3n) is 3.86. The van der Waals surface area contributed by atoms with Gasteiger partial charge in [-0.2, -0.15) is 0 Å². The maximum Gasteiger partial charge on any atom is 0.322 e. The van der Waals surface area contributed by atoms with Gasteiger partial charge >= 0.3 is 5.97 Å². The quantitative estimate of drug-likeness (QED) is 0.907. The summed E-state index contributed by atoms with van der Waals surface area (Å²) >= 11 is 0. The van der Waals surface area contributed by atoms with Gasteiger partial charge in [0.1, 0.15) is 6.54 Å². The van der Waals surface area contributed by atoms with Gasteiger partial charge in [-0.05, 0) is 29.3 Å². The molecule has 3 rings (SSSR count). The van der Waals surface area contributed by atoms with Gasteiger partial charge in [-0.1, -0.05) is 24.3 Å². The van der Waals surface area contributed by atoms with Gasteiger partial charge in [-0.25, -0.2) is 0 Å². The predicted octanol–water partition coefficient (Wildman–Crippen LogP) is 3.01. The van der Waals surface area contributed by atoms with Crippen LogP contribution in [0.3, 0.4) is 0 Å². The lowest BCUT2D eigenvalue weighted by molar-refractivity contribution is -0.134. The summed E-state index contributed by atoms with van der Waals surface area (Å²) < 4.78 is 0. The van der Waals surface area contributed by atoms with E-state index in [1.165, 1.54) is 0 Å². The van der Waals surface area contributed by atoms with Crippen LogP contribution in [0.15, 0.2) is 42.5 Å². The second kappa shape index (κ2) is 6.04. The van der Waals surface area contributed by atoms with E-state index in [9.17, 15) is 14.4 Å². The number of aliphatic carboxylic acids is 1. The molecule has 5 heteroatoms. The van der Waals surface area contributed by atoms with E-state index in [1.807, 2.05) is 12.1 Å². The number of anilines is 1. The van der Waals surface area contributed by atoms with Crippen LogP contribution in [0.4, 0.5) is 5.69 Å². The molecule has 0 fully saturated rings. The number of carbonyl (C=O) groups excluding carboxylic acids is 2. The fraction of sp³-hybridized carbons (Fsp3) is 0.167. The van der Waals surface area contributed by atoms with Crippen molar-refractivity contribution in [1.82, 2.24) is 0 Å². The lowest BCUT2D eigenvalue weighted by Crippen LogP contribution is -2.12. The molecule has 23 heavy (non-hydrogen) atoms. The zero-order valence-corrected chi connectivity index (χ0v) is 12.3. The summed E-state index contributed by atoms with van der Waals surface area (Å²) in [5, 5.41) is 11.4. The number of hydrogen-bond donors (Lipinski definition) is 2. The fourth-order valence-corrected chi connectivity index (χ4v) is 2.65. The highest BCUT2D eigenvalue weighted by molar-refractivity contribution is 6.10. The van der Waals surface area contributed by atoms with Gasteiger partial charge in [0.25, 0.3) is 0 Å². The van der Waals surface area contributed by atoms with E-state index in [-0.39, 0.29) is 31.0 Å². The summed E-state index contributed by atoms with van der Waals surface area (Å²) in [6, 6.07) is 12.4. The van der Waals surface area contributed by atoms with Crippen molar-refractivity contribution >= 4 is 23.2 Å². The third kappa shape index (κ3) is 3.13. The number of hydrogen-bond acceptors (Lipinski definition) is 4. The molecule has 0 unspecified atom stereocenters. The number of benzene rings is 2. The Hall–Kier alpha value is -2.95. The van der Waals surface area contributed by atoms with Gasteiger partial charge < -0.3 is 10.4 Å². The largest absolute Gasteiger partial charge is 0.480 e. The van der Waals surface area contributed by atoms with Crippen LogP contribution in [0.2, 0.25) is 0 Å². The van der Waals surface area contributed by atoms with Gasteiger partial charge in [0.2, 0.25) is 0 Å². The molecule has 2 N–H and O–H groups in total. The number of carbonyl (C=O) groups is 3. The van der Waals surface area contributed by atoms with Crippen molar-refractivity contribution in [2.75, 3.05) is 11.9 Å². The minimum atomic E-state index is -0.930. The molecule has 116 valence electrons. The van der Waals surface area contributed by atoms with Gasteiger partial charge in [0.15, 0.2) is 11.6 Å². The van der Waals surface area contributed by atoms with E-state index in [2.05, 4.69) is 5.32 Å². The van der Waals surface area contributed by atoms with Crippen molar-refractivity contribution in [2.24, 2.45) is 0 Å². The Labute approximate surface area is 133 Å². The second-order valence-corrected chi connectivity index (χ2v) is 5.43. The highest BCUT2D eigenvalue weighted by atomic mass is 16.4. The SMILES string of the molecule is O=C(O)CNc1ccc(-c2ccc3cc2C(=O)CCC3=O)cc1. The molecule has 0 aliphatic heterocycles. The zero-order chi connectivity index (χ0) is 16.4. The normalized spacial score (nSPS) is 13.6. The number of ketones is 2. The lowest BCUT2D eigenvalue weighted by Gasteiger charge is -2.09. The third-order valence-corrected chi connectivity index (χ3v) is 3.86. The van der Waals surface area contributed by atoms with Gasteiger partial charge in [0.05, 0.1) is 0 Å². The Morgan fingerprint density at radius 1 is 0.913 bits per heavy atom. The number of carboxylic acid groups (broad SMARTS) is 1. The Morgan fingerprint density at radius 2 is 1.57 bits per heavy atom. The van der Waals surface area contributed by atoms with Crippen molar-refractivity contribution in [3.63, 3.8) is 0 Å². The molecular weight excluding hydrogens is 294 g/mol. The van der Waals surface area contributed by atoms with Crippen LogP contribution in [0.5, 0.6) is 0 Å². The van der Waals surface area contributed by atoms with Crippen molar-refractivity contribution in [2.45, 2.75) is 12.8 Å². The molecule has 1 aliphatic carbocycles. The summed E-state index contributed by atoms with van der Waals surface area (Å²) in [6.45, 7) is -0.153. The van der Waals surface area contributed by atoms with Crippen LogP contribution >= 0.6 is 0 Å². The maximum absolute atomic E-state index is 12.2. The molecule has 0 amide bonds. The van der Waals surface area contributed by atoms with Crippen molar-refractivity contribution in [3.8, 4) is 11.1 Å². The molecule has 2 aromatic rings. The topological polar surface area (TPSA) is 83.5 Å². The molecule has 2 aromatic carbocycles. The number of rotatable bonds is 4. The molecule has 0 aromatic heterocycles. The van der Waals surface area contributed by atoms with Crippen LogP contribution in [-0.2, 0) is 4.79 Å². The van der Waals surface area contributed by atoms with E-state index < -0.39 is 5.97 Å². The molecule has 0 radical (unpaired) electrons. The van der Waals surface area contributed by atoms with Crippen molar-refractivity contribution in [1.29, 1.82) is 0 Å². The first-order valence-electron chi connectivity index (χ1n) is 7.31. The smallest absolute Gasteiger partial charge is 0.322 e. The van der Waals surface area contributed by atoms with E-state index in [1.54, 1.807) is 30.3 Å². The monoisotopic (exact) mass is 309 g/mol. The first-order chi connectivity index (χ1) is 11.0. The molecular formula is C18H15NO4. The summed E-state index contributed by atoms with van der Waals surface area (Å²) in [7, 11) is 0. The minimum absolute atomic E-state index is 0.00290.